The van der Waals surface area contributed by atoms with E-state index in [9.17, 15) is 0 Å². The normalized spacial score (nSPS) is 12.4. The van der Waals surface area contributed by atoms with Crippen LogP contribution in [0.1, 0.15) is 34.1 Å². The van der Waals surface area contributed by atoms with Crippen LogP contribution in [0, 0.1) is 0 Å². The number of nitrogens with zero attached hydrogens (tertiary/aromatic N) is 2. The Bertz CT molecular complexity index is 2810. The Labute approximate surface area is 333 Å². The van der Waals surface area contributed by atoms with Gasteiger partial charge in [-0.15, -0.1) is 0 Å². The minimum atomic E-state index is -1.50. The predicted molar refractivity (Wildman–Crippen MR) is 244 cm³/mol. The monoisotopic (exact) mass is 786 g/mol. The SMILES string of the molecule is CC(C)N(CCCN(C(C)C)p1oc2ccc3ccccc3c2c2c(ccc3ccccc32)o1)p1oc2ccc3ccccc3c2c2c(ccc3ccccc32)o1. The molecule has 6 nitrogen and oxygen atoms in total. The van der Waals surface area contributed by atoms with Gasteiger partial charge in [0, 0.05) is 46.7 Å². The average Bonchev–Trinajstić information content (AvgIpc) is 3.52. The topological polar surface area (TPSA) is 59.0 Å². The van der Waals surface area contributed by atoms with Crippen molar-refractivity contribution in [2.24, 2.45) is 0 Å². The van der Waals surface area contributed by atoms with Crippen LogP contribution in [0.2, 0.25) is 0 Å². The molecule has 0 aliphatic heterocycles. The van der Waals surface area contributed by atoms with E-state index in [-0.39, 0.29) is 12.1 Å². The first-order valence-electron chi connectivity index (χ1n) is 19.9. The molecule has 0 atom stereocenters. The molecular formula is C49H44N2O4P2. The molecule has 0 fully saturated rings. The van der Waals surface area contributed by atoms with Crippen LogP contribution in [0.25, 0.3) is 87.0 Å². The Morgan fingerprint density at radius 2 is 0.632 bits per heavy atom. The summed E-state index contributed by atoms with van der Waals surface area (Å²) in [6.45, 7) is 10.5. The zero-order valence-corrected chi connectivity index (χ0v) is 34.3. The van der Waals surface area contributed by atoms with E-state index in [2.05, 4.69) is 183 Å². The Morgan fingerprint density at radius 3 is 0.895 bits per heavy atom. The van der Waals surface area contributed by atoms with Crippen LogP contribution < -0.4 is 9.34 Å². The predicted octanol–water partition coefficient (Wildman–Crippen LogP) is 15.3. The summed E-state index contributed by atoms with van der Waals surface area (Å²) >= 11 is 0. The molecule has 57 heavy (non-hydrogen) atoms. The van der Waals surface area contributed by atoms with Gasteiger partial charge in [-0.1, -0.05) is 121 Å². The number of hydrogen-bond donors (Lipinski definition) is 0. The lowest BCUT2D eigenvalue weighted by Gasteiger charge is -2.26. The van der Waals surface area contributed by atoms with Crippen LogP contribution >= 0.6 is 16.3 Å². The second-order valence-electron chi connectivity index (χ2n) is 15.3. The molecule has 0 saturated carbocycles. The Morgan fingerprint density at radius 1 is 0.368 bits per heavy atom. The summed E-state index contributed by atoms with van der Waals surface area (Å²) in [5, 5.41) is 13.7. The highest BCUT2D eigenvalue weighted by Crippen LogP contribution is 2.45. The Kier molecular flexibility index (Phi) is 9.32. The Hall–Kier alpha value is -5.48. The van der Waals surface area contributed by atoms with Gasteiger partial charge >= 0.3 is 16.3 Å². The van der Waals surface area contributed by atoms with Gasteiger partial charge in [0.2, 0.25) is 0 Å². The fourth-order valence-electron chi connectivity index (χ4n) is 8.38. The van der Waals surface area contributed by atoms with Gasteiger partial charge in [-0.25, -0.2) is 9.34 Å². The molecule has 0 N–H and O–H groups in total. The highest BCUT2D eigenvalue weighted by molar-refractivity contribution is 7.39. The van der Waals surface area contributed by atoms with E-state index in [1.54, 1.807) is 0 Å². The van der Waals surface area contributed by atoms with Crippen molar-refractivity contribution in [2.75, 3.05) is 22.4 Å². The minimum absolute atomic E-state index is 0.172. The first-order valence-corrected chi connectivity index (χ1v) is 22.1. The summed E-state index contributed by atoms with van der Waals surface area (Å²) < 4.78 is 32.8. The number of fused-ring (bicyclic) bond motifs is 14. The van der Waals surface area contributed by atoms with Crippen LogP contribution in [0.3, 0.4) is 0 Å². The first kappa shape index (κ1) is 35.9. The molecule has 2 aromatic heterocycles. The van der Waals surface area contributed by atoms with Crippen molar-refractivity contribution in [3.05, 3.63) is 146 Å². The highest BCUT2D eigenvalue weighted by Gasteiger charge is 2.23. The van der Waals surface area contributed by atoms with Crippen molar-refractivity contribution in [3.63, 3.8) is 0 Å². The lowest BCUT2D eigenvalue weighted by Crippen LogP contribution is -2.34. The van der Waals surface area contributed by atoms with Gasteiger partial charge in [-0.05, 0) is 101 Å². The smallest absolute Gasteiger partial charge is 0.309 e. The molecule has 10 rings (SSSR count). The third kappa shape index (κ3) is 6.38. The van der Waals surface area contributed by atoms with Gasteiger partial charge in [0.15, 0.2) is 0 Å². The summed E-state index contributed by atoms with van der Waals surface area (Å²) in [5.41, 5.74) is 3.41. The van der Waals surface area contributed by atoms with Gasteiger partial charge in [-0.2, -0.15) is 0 Å². The van der Waals surface area contributed by atoms with Crippen LogP contribution in [-0.4, -0.2) is 25.2 Å². The molecule has 0 bridgehead atoms. The molecule has 0 unspecified atom stereocenters. The second kappa shape index (κ2) is 14.8. The molecule has 284 valence electrons. The average molecular weight is 787 g/mol. The lowest BCUT2D eigenvalue weighted by atomic mass is 9.99. The molecule has 2 heterocycles. The van der Waals surface area contributed by atoms with Crippen molar-refractivity contribution >= 4 is 103 Å². The second-order valence-corrected chi connectivity index (χ2v) is 18.1. The zero-order chi connectivity index (χ0) is 38.6. The van der Waals surface area contributed by atoms with Crippen LogP contribution in [0.15, 0.2) is 162 Å². The molecule has 0 radical (unpaired) electrons. The summed E-state index contributed by atoms with van der Waals surface area (Å²) in [6, 6.07) is 51.7. The zero-order valence-electron chi connectivity index (χ0n) is 32.6. The maximum absolute atomic E-state index is 7.02. The summed E-state index contributed by atoms with van der Waals surface area (Å²) in [6.07, 6.45) is 0.859. The van der Waals surface area contributed by atoms with Crippen molar-refractivity contribution in [3.8, 4) is 0 Å². The largest absolute Gasteiger partial charge is 0.408 e. The fraction of sp³-hybridized carbons (Fsp3) is 0.184. The Balaban J connectivity index is 1.07. The van der Waals surface area contributed by atoms with Crippen molar-refractivity contribution in [1.82, 2.24) is 0 Å². The minimum Gasteiger partial charge on any atom is -0.408 e. The van der Waals surface area contributed by atoms with Crippen molar-refractivity contribution in [2.45, 2.75) is 46.2 Å². The standard InChI is InChI=1S/C49H44N2O4P2/c1-32(2)50(56-52-42-26-22-34-14-5-9-18-38(34)46(42)47-39-19-10-6-15-35(39)23-27-43(47)53-56)30-13-31-51(33(3)4)57-54-44-28-24-36-16-7-11-20-40(36)48(44)49-41-21-12-8-17-37(41)25-29-45(49)55-57/h5-12,14-29,32-33H,13,30-31H2,1-4H3. The lowest BCUT2D eigenvalue weighted by molar-refractivity contribution is 0.573. The van der Waals surface area contributed by atoms with Crippen molar-refractivity contribution < 1.29 is 16.8 Å². The number of hydrogen-bond acceptors (Lipinski definition) is 6. The molecule has 0 aliphatic rings. The van der Waals surface area contributed by atoms with Crippen molar-refractivity contribution in [1.29, 1.82) is 0 Å². The highest BCUT2D eigenvalue weighted by atomic mass is 31.1. The summed E-state index contributed by atoms with van der Waals surface area (Å²) in [5.74, 6) is 0. The first-order chi connectivity index (χ1) is 27.9. The molecule has 0 saturated heterocycles. The van der Waals surface area contributed by atoms with Gasteiger partial charge in [0.25, 0.3) is 0 Å². The molecule has 8 heteroatoms. The van der Waals surface area contributed by atoms with E-state index >= 15 is 0 Å². The molecule has 0 aliphatic carbocycles. The maximum atomic E-state index is 7.02. The summed E-state index contributed by atoms with van der Waals surface area (Å²) in [4.78, 5) is 0. The maximum Gasteiger partial charge on any atom is 0.309 e. The summed E-state index contributed by atoms with van der Waals surface area (Å²) in [7, 11) is -2.99. The van der Waals surface area contributed by atoms with E-state index < -0.39 is 16.3 Å². The van der Waals surface area contributed by atoms with Gasteiger partial charge in [0.1, 0.15) is 22.3 Å². The van der Waals surface area contributed by atoms with Crippen LogP contribution in [0.4, 0.5) is 0 Å². The van der Waals surface area contributed by atoms with Crippen LogP contribution in [0.5, 0.6) is 0 Å². The third-order valence-electron chi connectivity index (χ3n) is 11.2. The van der Waals surface area contributed by atoms with Gasteiger partial charge in [-0.3, -0.25) is 0 Å². The molecular weight excluding hydrogens is 742 g/mol. The van der Waals surface area contributed by atoms with Crippen LogP contribution in [-0.2, 0) is 0 Å². The van der Waals surface area contributed by atoms with E-state index in [1.807, 2.05) is 0 Å². The quantitative estimate of drug-likeness (QED) is 0.153. The van der Waals surface area contributed by atoms with Gasteiger partial charge < -0.3 is 16.8 Å². The molecule has 0 spiro atoms. The molecule has 8 aromatic carbocycles. The number of benzene rings is 8. The molecule has 0 amide bonds. The van der Waals surface area contributed by atoms with E-state index in [4.69, 9.17) is 16.8 Å². The number of rotatable bonds is 8. The third-order valence-corrected chi connectivity index (χ3v) is 14.7. The van der Waals surface area contributed by atoms with Gasteiger partial charge in [0.05, 0.1) is 0 Å². The fourth-order valence-corrected chi connectivity index (χ4v) is 11.5. The van der Waals surface area contributed by atoms with E-state index in [1.165, 1.54) is 21.5 Å². The molecule has 10 aromatic rings. The van der Waals surface area contributed by atoms with E-state index in [0.717, 1.165) is 84.9 Å². The van der Waals surface area contributed by atoms with E-state index in [0.29, 0.717) is 0 Å².